The van der Waals surface area contributed by atoms with Crippen molar-refractivity contribution in [3.05, 3.63) is 85.2 Å². The van der Waals surface area contributed by atoms with Crippen molar-refractivity contribution in [2.75, 3.05) is 10.6 Å². The molecule has 2 amide bonds. The van der Waals surface area contributed by atoms with Gasteiger partial charge in [-0.05, 0) is 47.3 Å². The maximum Gasteiger partial charge on any atom is 0.387 e. The third kappa shape index (κ3) is 4.52. The molecule has 0 spiro atoms. The zero-order chi connectivity index (χ0) is 20.9. The van der Waals surface area contributed by atoms with E-state index in [1.165, 1.54) is 24.3 Å². The van der Waals surface area contributed by atoms with Gasteiger partial charge >= 0.3 is 12.6 Å². The van der Waals surface area contributed by atoms with Crippen molar-refractivity contribution in [1.82, 2.24) is 4.98 Å². The van der Waals surface area contributed by atoms with Gasteiger partial charge in [-0.15, -0.1) is 0 Å². The molecule has 150 valence electrons. The number of hydrogen-bond acceptors (Lipinski definition) is 3. The molecule has 2 N–H and O–H groups in total. The molecule has 1 aromatic heterocycles. The van der Waals surface area contributed by atoms with Crippen molar-refractivity contribution in [3.8, 4) is 16.9 Å². The average molecular weight is 405 g/mol. The number of halogens is 2. The molecule has 0 fully saturated rings. The van der Waals surface area contributed by atoms with Gasteiger partial charge in [0, 0.05) is 34.7 Å². The lowest BCUT2D eigenvalue weighted by atomic mass is 10.0. The summed E-state index contributed by atoms with van der Waals surface area (Å²) in [6.45, 7) is -2.89. The molecule has 7 heteroatoms. The fraction of sp³-hybridized carbons (Fsp3) is 0.0435. The number of anilines is 2. The SMILES string of the molecule is O=C(Nc1ccc(OC(F)F)cc1)Nc1cccc(-c2cncc3ccccc23)c1. The molecule has 0 aliphatic heterocycles. The van der Waals surface area contributed by atoms with Crippen molar-refractivity contribution < 1.29 is 18.3 Å². The van der Waals surface area contributed by atoms with E-state index in [0.717, 1.165) is 21.9 Å². The number of rotatable bonds is 5. The summed E-state index contributed by atoms with van der Waals surface area (Å²) in [5.41, 5.74) is 2.94. The van der Waals surface area contributed by atoms with Gasteiger partial charge in [0.1, 0.15) is 5.75 Å². The molecule has 0 saturated carbocycles. The zero-order valence-corrected chi connectivity index (χ0v) is 15.7. The lowest BCUT2D eigenvalue weighted by Crippen LogP contribution is -2.19. The smallest absolute Gasteiger partial charge is 0.387 e. The minimum Gasteiger partial charge on any atom is -0.435 e. The lowest BCUT2D eigenvalue weighted by Gasteiger charge is -2.11. The van der Waals surface area contributed by atoms with Crippen LogP contribution in [0.1, 0.15) is 0 Å². The Kier molecular flexibility index (Phi) is 5.52. The largest absolute Gasteiger partial charge is 0.435 e. The third-order valence-electron chi connectivity index (χ3n) is 4.44. The number of ether oxygens (including phenoxy) is 1. The summed E-state index contributed by atoms with van der Waals surface area (Å²) >= 11 is 0. The Morgan fingerprint density at radius 2 is 1.63 bits per heavy atom. The van der Waals surface area contributed by atoms with E-state index in [1.54, 1.807) is 12.3 Å². The van der Waals surface area contributed by atoms with Crippen LogP contribution in [-0.4, -0.2) is 17.6 Å². The molecule has 5 nitrogen and oxygen atoms in total. The molecule has 1 heterocycles. The van der Waals surface area contributed by atoms with Crippen molar-refractivity contribution in [1.29, 1.82) is 0 Å². The van der Waals surface area contributed by atoms with Crippen molar-refractivity contribution in [3.63, 3.8) is 0 Å². The summed E-state index contributed by atoms with van der Waals surface area (Å²) in [5.74, 6) is 0.0207. The minimum absolute atomic E-state index is 0.0207. The first-order valence-electron chi connectivity index (χ1n) is 9.14. The molecule has 30 heavy (non-hydrogen) atoms. The number of pyridine rings is 1. The van der Waals surface area contributed by atoms with Crippen LogP contribution in [0.2, 0.25) is 0 Å². The van der Waals surface area contributed by atoms with E-state index < -0.39 is 12.6 Å². The molecular formula is C23H17F2N3O2. The number of aromatic nitrogens is 1. The van der Waals surface area contributed by atoms with Gasteiger partial charge in [-0.3, -0.25) is 4.98 Å². The number of fused-ring (bicyclic) bond motifs is 1. The molecule has 4 aromatic rings. The number of nitrogens with one attached hydrogen (secondary N) is 2. The second-order valence-corrected chi connectivity index (χ2v) is 6.47. The topological polar surface area (TPSA) is 63.2 Å². The number of benzene rings is 3. The first-order chi connectivity index (χ1) is 14.6. The predicted molar refractivity (Wildman–Crippen MR) is 113 cm³/mol. The third-order valence-corrected chi connectivity index (χ3v) is 4.44. The highest BCUT2D eigenvalue weighted by atomic mass is 19.3. The molecule has 0 aliphatic carbocycles. The Labute approximate surface area is 171 Å². The first kappa shape index (κ1) is 19.3. The van der Waals surface area contributed by atoms with Crippen molar-refractivity contribution in [2.24, 2.45) is 0 Å². The monoisotopic (exact) mass is 405 g/mol. The van der Waals surface area contributed by atoms with Crippen LogP contribution in [0.3, 0.4) is 0 Å². The lowest BCUT2D eigenvalue weighted by molar-refractivity contribution is -0.0498. The highest BCUT2D eigenvalue weighted by Crippen LogP contribution is 2.29. The summed E-state index contributed by atoms with van der Waals surface area (Å²) < 4.78 is 28.7. The standard InChI is InChI=1S/C23H17F2N3O2/c24-22(25)30-19-10-8-17(9-11-19)27-23(29)28-18-6-3-5-15(12-18)21-14-26-13-16-4-1-2-7-20(16)21/h1-14,22H,(H2,27,28,29). The number of urea groups is 1. The molecule has 4 rings (SSSR count). The first-order valence-corrected chi connectivity index (χ1v) is 9.14. The van der Waals surface area contributed by atoms with Gasteiger partial charge in [0.2, 0.25) is 0 Å². The van der Waals surface area contributed by atoms with Crippen LogP contribution < -0.4 is 15.4 Å². The second kappa shape index (κ2) is 8.57. The number of nitrogens with zero attached hydrogens (tertiary/aromatic N) is 1. The Balaban J connectivity index is 1.48. The van der Waals surface area contributed by atoms with Gasteiger partial charge < -0.3 is 15.4 Å². The van der Waals surface area contributed by atoms with Crippen LogP contribution in [0.15, 0.2) is 85.2 Å². The number of alkyl halides is 2. The molecular weight excluding hydrogens is 388 g/mol. The quantitative estimate of drug-likeness (QED) is 0.419. The molecule has 0 bridgehead atoms. The Morgan fingerprint density at radius 3 is 2.43 bits per heavy atom. The fourth-order valence-corrected chi connectivity index (χ4v) is 3.12. The van der Waals surface area contributed by atoms with E-state index in [1.807, 2.05) is 48.7 Å². The van der Waals surface area contributed by atoms with Crippen molar-refractivity contribution in [2.45, 2.75) is 6.61 Å². The van der Waals surface area contributed by atoms with E-state index in [-0.39, 0.29) is 5.75 Å². The highest BCUT2D eigenvalue weighted by molar-refractivity contribution is 6.01. The van der Waals surface area contributed by atoms with E-state index >= 15 is 0 Å². The van der Waals surface area contributed by atoms with Crippen LogP contribution in [0.25, 0.3) is 21.9 Å². The highest BCUT2D eigenvalue weighted by Gasteiger charge is 2.08. The number of hydrogen-bond donors (Lipinski definition) is 2. The minimum atomic E-state index is -2.89. The predicted octanol–water partition coefficient (Wildman–Crippen LogP) is 6.15. The van der Waals surface area contributed by atoms with E-state index in [0.29, 0.717) is 11.4 Å². The molecule has 0 radical (unpaired) electrons. The van der Waals surface area contributed by atoms with Crippen LogP contribution in [0.4, 0.5) is 25.0 Å². The van der Waals surface area contributed by atoms with Gasteiger partial charge in [0.15, 0.2) is 0 Å². The summed E-state index contributed by atoms with van der Waals surface area (Å²) in [5, 5.41) is 7.53. The fourth-order valence-electron chi connectivity index (χ4n) is 3.12. The number of carbonyl (C=O) groups is 1. The summed E-state index contributed by atoms with van der Waals surface area (Å²) in [7, 11) is 0. The van der Waals surface area contributed by atoms with E-state index in [4.69, 9.17) is 0 Å². The maximum atomic E-state index is 12.3. The Morgan fingerprint density at radius 1 is 0.867 bits per heavy atom. The van der Waals surface area contributed by atoms with Crippen LogP contribution in [0.5, 0.6) is 5.75 Å². The van der Waals surface area contributed by atoms with E-state index in [9.17, 15) is 13.6 Å². The van der Waals surface area contributed by atoms with Crippen molar-refractivity contribution >= 4 is 28.2 Å². The Bertz CT molecular complexity index is 1180. The molecule has 3 aromatic carbocycles. The second-order valence-electron chi connectivity index (χ2n) is 6.47. The summed E-state index contributed by atoms with van der Waals surface area (Å²) in [4.78, 5) is 16.6. The number of carbonyl (C=O) groups excluding carboxylic acids is 1. The van der Waals surface area contributed by atoms with Crippen LogP contribution >= 0.6 is 0 Å². The molecule has 0 unspecified atom stereocenters. The molecule has 0 aliphatic rings. The summed E-state index contributed by atoms with van der Waals surface area (Å²) in [6.07, 6.45) is 3.61. The maximum absolute atomic E-state index is 12.3. The van der Waals surface area contributed by atoms with Gasteiger partial charge in [-0.25, -0.2) is 4.79 Å². The zero-order valence-electron chi connectivity index (χ0n) is 15.7. The van der Waals surface area contributed by atoms with Gasteiger partial charge in [0.05, 0.1) is 0 Å². The average Bonchev–Trinajstić information content (AvgIpc) is 2.74. The molecule has 0 saturated heterocycles. The summed E-state index contributed by atoms with van der Waals surface area (Å²) in [6, 6.07) is 20.6. The van der Waals surface area contributed by atoms with Crippen LogP contribution in [0, 0.1) is 0 Å². The van der Waals surface area contributed by atoms with Gasteiger partial charge in [0.25, 0.3) is 0 Å². The van der Waals surface area contributed by atoms with Gasteiger partial charge in [-0.2, -0.15) is 8.78 Å². The van der Waals surface area contributed by atoms with Gasteiger partial charge in [-0.1, -0.05) is 36.4 Å². The number of amides is 2. The molecule has 0 atom stereocenters. The van der Waals surface area contributed by atoms with E-state index in [2.05, 4.69) is 20.4 Å². The van der Waals surface area contributed by atoms with Crippen LogP contribution in [-0.2, 0) is 0 Å². The normalized spacial score (nSPS) is 10.8. The Hall–Kier alpha value is -4.00.